The van der Waals surface area contributed by atoms with Gasteiger partial charge in [0.1, 0.15) is 12.4 Å². The maximum Gasteiger partial charge on any atom is 0.240 e. The number of aromatic nitrogens is 2. The van der Waals surface area contributed by atoms with Gasteiger partial charge in [0, 0.05) is 31.2 Å². The lowest BCUT2D eigenvalue weighted by molar-refractivity contribution is -0.122. The molecule has 3 aromatic rings. The van der Waals surface area contributed by atoms with E-state index in [4.69, 9.17) is 19.3 Å². The fourth-order valence-corrected chi connectivity index (χ4v) is 6.39. The standard InChI is InChI=1S/C32H42N4O5S/c1-20-10-12-23(21(2)16-20)36-31-28(30(34-36)32(3,4)5)29(22-11-13-24(40-7)25(17-22)41-8)42-19-27(38)35(31)18-26(37)33-14-9-15-39-6/h10-13,16-17,29H,9,14-15,18-19H2,1-8H3,(H,33,37). The second-order valence-electron chi connectivity index (χ2n) is 11.5. The van der Waals surface area contributed by atoms with Crippen LogP contribution in [-0.4, -0.2) is 68.4 Å². The molecular formula is C32H42N4O5S. The molecule has 1 aliphatic heterocycles. The molecule has 0 spiro atoms. The van der Waals surface area contributed by atoms with Crippen LogP contribution in [0.4, 0.5) is 5.82 Å². The van der Waals surface area contributed by atoms with E-state index >= 15 is 0 Å². The molecule has 42 heavy (non-hydrogen) atoms. The molecule has 0 fully saturated rings. The van der Waals surface area contributed by atoms with E-state index in [2.05, 4.69) is 39.1 Å². The number of aryl methyl sites for hydroxylation is 2. The Morgan fingerprint density at radius 3 is 2.45 bits per heavy atom. The van der Waals surface area contributed by atoms with Crippen LogP contribution in [0, 0.1) is 13.8 Å². The molecule has 1 aliphatic rings. The topological polar surface area (TPSA) is 94.9 Å². The van der Waals surface area contributed by atoms with Crippen LogP contribution in [0.3, 0.4) is 0 Å². The number of carbonyl (C=O) groups excluding carboxylic acids is 2. The number of anilines is 1. The quantitative estimate of drug-likeness (QED) is 0.326. The molecule has 2 heterocycles. The van der Waals surface area contributed by atoms with Crippen molar-refractivity contribution in [3.8, 4) is 17.2 Å². The van der Waals surface area contributed by atoms with E-state index in [0.717, 1.165) is 33.6 Å². The first-order chi connectivity index (χ1) is 20.0. The molecule has 10 heteroatoms. The van der Waals surface area contributed by atoms with Crippen molar-refractivity contribution < 1.29 is 23.8 Å². The molecule has 0 saturated carbocycles. The van der Waals surface area contributed by atoms with Crippen LogP contribution in [0.25, 0.3) is 5.69 Å². The number of amides is 2. The van der Waals surface area contributed by atoms with Crippen LogP contribution >= 0.6 is 11.8 Å². The van der Waals surface area contributed by atoms with Crippen LogP contribution in [0.2, 0.25) is 0 Å². The highest BCUT2D eigenvalue weighted by Crippen LogP contribution is 2.49. The Balaban J connectivity index is 1.96. The van der Waals surface area contributed by atoms with Crippen molar-refractivity contribution in [3.05, 3.63) is 64.3 Å². The predicted octanol–water partition coefficient (Wildman–Crippen LogP) is 5.13. The zero-order valence-corrected chi connectivity index (χ0v) is 26.7. The first kappa shape index (κ1) is 31.4. The third-order valence-corrected chi connectivity index (χ3v) is 8.49. The summed E-state index contributed by atoms with van der Waals surface area (Å²) in [7, 11) is 4.86. The molecule has 1 atom stereocenters. The van der Waals surface area contributed by atoms with Crippen molar-refractivity contribution in [2.45, 2.75) is 51.7 Å². The van der Waals surface area contributed by atoms with Crippen molar-refractivity contribution in [1.82, 2.24) is 15.1 Å². The van der Waals surface area contributed by atoms with E-state index in [-0.39, 0.29) is 34.8 Å². The molecule has 1 N–H and O–H groups in total. The molecule has 1 unspecified atom stereocenters. The molecule has 226 valence electrons. The lowest BCUT2D eigenvalue weighted by Crippen LogP contribution is -2.42. The Hall–Kier alpha value is -3.50. The molecule has 0 aliphatic carbocycles. The molecule has 1 aromatic heterocycles. The van der Waals surface area contributed by atoms with Crippen molar-refractivity contribution in [1.29, 1.82) is 0 Å². The minimum atomic E-state index is -0.356. The van der Waals surface area contributed by atoms with Gasteiger partial charge in [-0.15, -0.1) is 11.8 Å². The van der Waals surface area contributed by atoms with E-state index in [1.54, 1.807) is 26.2 Å². The predicted molar refractivity (Wildman–Crippen MR) is 167 cm³/mol. The van der Waals surface area contributed by atoms with Gasteiger partial charge in [0.05, 0.1) is 36.6 Å². The molecular weight excluding hydrogens is 552 g/mol. The summed E-state index contributed by atoms with van der Waals surface area (Å²) in [5.74, 6) is 1.67. The number of ether oxygens (including phenoxy) is 3. The van der Waals surface area contributed by atoms with E-state index in [0.29, 0.717) is 36.9 Å². The van der Waals surface area contributed by atoms with Gasteiger partial charge in [-0.2, -0.15) is 5.10 Å². The zero-order valence-electron chi connectivity index (χ0n) is 25.9. The normalized spacial score (nSPS) is 15.3. The van der Waals surface area contributed by atoms with Crippen LogP contribution in [0.1, 0.15) is 60.4 Å². The smallest absolute Gasteiger partial charge is 0.240 e. The third-order valence-electron chi connectivity index (χ3n) is 7.24. The Labute approximate surface area is 252 Å². The number of methoxy groups -OCH3 is 3. The number of thioether (sulfide) groups is 1. The van der Waals surface area contributed by atoms with Crippen LogP contribution in [0.15, 0.2) is 36.4 Å². The summed E-state index contributed by atoms with van der Waals surface area (Å²) in [6.07, 6.45) is 0.688. The number of benzene rings is 2. The fourth-order valence-electron chi connectivity index (χ4n) is 5.21. The lowest BCUT2D eigenvalue weighted by atomic mass is 9.87. The lowest BCUT2D eigenvalue weighted by Gasteiger charge is -2.25. The van der Waals surface area contributed by atoms with Gasteiger partial charge in [-0.3, -0.25) is 14.5 Å². The second-order valence-corrected chi connectivity index (χ2v) is 12.6. The molecule has 0 radical (unpaired) electrons. The summed E-state index contributed by atoms with van der Waals surface area (Å²) in [6.45, 7) is 11.4. The van der Waals surface area contributed by atoms with E-state index in [9.17, 15) is 9.59 Å². The average Bonchev–Trinajstić information content (AvgIpc) is 3.28. The van der Waals surface area contributed by atoms with Crippen LogP contribution in [0.5, 0.6) is 11.5 Å². The number of fused-ring (bicyclic) bond motifs is 1. The number of nitrogens with one attached hydrogen (secondary N) is 1. The second kappa shape index (κ2) is 13.2. The Kier molecular flexibility index (Phi) is 9.89. The maximum absolute atomic E-state index is 13.9. The maximum atomic E-state index is 13.9. The van der Waals surface area contributed by atoms with Gasteiger partial charge in [-0.1, -0.05) is 44.5 Å². The number of rotatable bonds is 10. The summed E-state index contributed by atoms with van der Waals surface area (Å²) in [4.78, 5) is 28.7. The Bertz CT molecular complexity index is 1450. The summed E-state index contributed by atoms with van der Waals surface area (Å²) in [5, 5.41) is 7.90. The molecule has 4 rings (SSSR count). The van der Waals surface area contributed by atoms with E-state index < -0.39 is 0 Å². The molecule has 9 nitrogen and oxygen atoms in total. The van der Waals surface area contributed by atoms with Crippen LogP contribution < -0.4 is 19.7 Å². The fraction of sp³-hybridized carbons (Fsp3) is 0.469. The van der Waals surface area contributed by atoms with Crippen molar-refractivity contribution in [3.63, 3.8) is 0 Å². The minimum absolute atomic E-state index is 0.113. The molecule has 2 amide bonds. The SMILES string of the molecule is COCCCNC(=O)CN1C(=O)CSC(c2ccc(OC)c(OC)c2)c2c(C(C)(C)C)nn(-c3ccc(C)cc3C)c21. The monoisotopic (exact) mass is 594 g/mol. The van der Waals surface area contributed by atoms with Gasteiger partial charge in [0.2, 0.25) is 11.8 Å². The highest BCUT2D eigenvalue weighted by atomic mass is 32.2. The zero-order chi connectivity index (χ0) is 30.6. The molecule has 2 aromatic carbocycles. The van der Waals surface area contributed by atoms with Crippen molar-refractivity contribution >= 4 is 29.4 Å². The highest BCUT2D eigenvalue weighted by Gasteiger charge is 2.40. The number of carbonyl (C=O) groups is 2. The summed E-state index contributed by atoms with van der Waals surface area (Å²) in [5.41, 5.74) is 5.41. The van der Waals surface area contributed by atoms with Gasteiger partial charge >= 0.3 is 0 Å². The Morgan fingerprint density at radius 1 is 1.07 bits per heavy atom. The highest BCUT2D eigenvalue weighted by molar-refractivity contribution is 8.00. The first-order valence-electron chi connectivity index (χ1n) is 14.1. The number of hydrogen-bond donors (Lipinski definition) is 1. The summed E-state index contributed by atoms with van der Waals surface area (Å²) < 4.78 is 18.1. The van der Waals surface area contributed by atoms with Gasteiger partial charge in [0.25, 0.3) is 0 Å². The first-order valence-corrected chi connectivity index (χ1v) is 15.2. The van der Waals surface area contributed by atoms with Crippen molar-refractivity contribution in [2.75, 3.05) is 51.7 Å². The van der Waals surface area contributed by atoms with Crippen molar-refractivity contribution in [2.24, 2.45) is 0 Å². The number of nitrogens with zero attached hydrogens (tertiary/aromatic N) is 3. The molecule has 0 saturated heterocycles. The largest absolute Gasteiger partial charge is 0.493 e. The van der Waals surface area contributed by atoms with Gasteiger partial charge in [0.15, 0.2) is 11.5 Å². The summed E-state index contributed by atoms with van der Waals surface area (Å²) >= 11 is 1.53. The van der Waals surface area contributed by atoms with E-state index in [1.165, 1.54) is 11.8 Å². The van der Waals surface area contributed by atoms with E-state index in [1.807, 2.05) is 41.9 Å². The Morgan fingerprint density at radius 2 is 1.81 bits per heavy atom. The van der Waals surface area contributed by atoms with Gasteiger partial charge < -0.3 is 19.5 Å². The van der Waals surface area contributed by atoms with Gasteiger partial charge in [-0.05, 0) is 49.6 Å². The number of hydrogen-bond acceptors (Lipinski definition) is 7. The summed E-state index contributed by atoms with van der Waals surface area (Å²) in [6, 6.07) is 12.0. The van der Waals surface area contributed by atoms with Gasteiger partial charge in [-0.25, -0.2) is 4.68 Å². The average molecular weight is 595 g/mol. The van der Waals surface area contributed by atoms with Crippen LogP contribution in [-0.2, 0) is 19.7 Å². The third kappa shape index (κ3) is 6.60. The minimum Gasteiger partial charge on any atom is -0.493 e. The molecule has 0 bridgehead atoms.